The highest BCUT2D eigenvalue weighted by Crippen LogP contribution is 2.19. The molecule has 7 heteroatoms. The van der Waals surface area contributed by atoms with Gasteiger partial charge >= 0.3 is 0 Å². The van der Waals surface area contributed by atoms with E-state index in [0.717, 1.165) is 6.54 Å². The van der Waals surface area contributed by atoms with E-state index in [-0.39, 0.29) is 23.9 Å². The van der Waals surface area contributed by atoms with Gasteiger partial charge in [-0.15, -0.1) is 0 Å². The number of nitrogens with zero attached hydrogens (tertiary/aromatic N) is 3. The van der Waals surface area contributed by atoms with Crippen LogP contribution in [0.25, 0.3) is 5.69 Å². The molecule has 0 saturated carbocycles. The number of likely N-dealkylation sites (N-methyl/N-ethyl adjacent to an activating group) is 1. The van der Waals surface area contributed by atoms with Crippen LogP contribution in [0.5, 0.6) is 0 Å². The number of halogens is 1. The summed E-state index contributed by atoms with van der Waals surface area (Å²) in [5, 5.41) is 2.88. The van der Waals surface area contributed by atoms with Crippen LogP contribution < -0.4 is 5.32 Å². The lowest BCUT2D eigenvalue weighted by atomic mass is 10.1. The monoisotopic (exact) mass is 332 g/mol. The van der Waals surface area contributed by atoms with Crippen LogP contribution in [0.2, 0.25) is 0 Å². The van der Waals surface area contributed by atoms with Gasteiger partial charge in [0, 0.05) is 32.6 Å². The number of carbonyl (C=O) groups is 1. The van der Waals surface area contributed by atoms with E-state index >= 15 is 0 Å². The van der Waals surface area contributed by atoms with Gasteiger partial charge in [-0.1, -0.05) is 6.07 Å². The molecule has 24 heavy (non-hydrogen) atoms. The SMILES string of the molecule is CO[C@H]1C[C@@H](C(=O)NCc2ccc(-n3ccnc3)c(F)c2)N(C)C1. The molecule has 2 heterocycles. The van der Waals surface area contributed by atoms with Crippen molar-refractivity contribution in [3.63, 3.8) is 0 Å². The van der Waals surface area contributed by atoms with Crippen molar-refractivity contribution in [2.75, 3.05) is 20.7 Å². The Balaban J connectivity index is 1.61. The summed E-state index contributed by atoms with van der Waals surface area (Å²) < 4.78 is 21.1. The van der Waals surface area contributed by atoms with Crippen LogP contribution in [0.15, 0.2) is 36.9 Å². The molecule has 1 aromatic carbocycles. The number of rotatable bonds is 5. The smallest absolute Gasteiger partial charge is 0.237 e. The number of hydrogen-bond acceptors (Lipinski definition) is 4. The third kappa shape index (κ3) is 3.47. The maximum absolute atomic E-state index is 14.2. The fourth-order valence-corrected chi connectivity index (χ4v) is 3.01. The molecule has 3 rings (SSSR count). The molecule has 1 fully saturated rings. The largest absolute Gasteiger partial charge is 0.380 e. The van der Waals surface area contributed by atoms with Gasteiger partial charge in [-0.2, -0.15) is 0 Å². The summed E-state index contributed by atoms with van der Waals surface area (Å²) in [6.07, 6.45) is 5.58. The Bertz CT molecular complexity index is 705. The van der Waals surface area contributed by atoms with Gasteiger partial charge in [0.25, 0.3) is 0 Å². The van der Waals surface area contributed by atoms with E-state index < -0.39 is 0 Å². The Morgan fingerprint density at radius 1 is 1.50 bits per heavy atom. The molecule has 2 aromatic rings. The van der Waals surface area contributed by atoms with Gasteiger partial charge < -0.3 is 14.6 Å². The number of imidazole rings is 1. The number of nitrogens with one attached hydrogen (secondary N) is 1. The first-order chi connectivity index (χ1) is 11.6. The van der Waals surface area contributed by atoms with Gasteiger partial charge in [-0.05, 0) is 31.2 Å². The Morgan fingerprint density at radius 3 is 2.96 bits per heavy atom. The van der Waals surface area contributed by atoms with Crippen molar-refractivity contribution in [1.29, 1.82) is 0 Å². The summed E-state index contributed by atoms with van der Waals surface area (Å²) in [6.45, 7) is 1.03. The number of amides is 1. The van der Waals surface area contributed by atoms with Crippen LogP contribution in [-0.2, 0) is 16.1 Å². The number of likely N-dealkylation sites (tertiary alicyclic amines) is 1. The van der Waals surface area contributed by atoms with Crippen molar-refractivity contribution in [2.45, 2.75) is 25.1 Å². The van der Waals surface area contributed by atoms with Gasteiger partial charge in [0.05, 0.1) is 24.2 Å². The second-order valence-electron chi connectivity index (χ2n) is 6.02. The number of hydrogen-bond donors (Lipinski definition) is 1. The lowest BCUT2D eigenvalue weighted by Gasteiger charge is -2.18. The maximum Gasteiger partial charge on any atom is 0.237 e. The second-order valence-corrected chi connectivity index (χ2v) is 6.02. The maximum atomic E-state index is 14.2. The normalized spacial score (nSPS) is 21.1. The van der Waals surface area contributed by atoms with Crippen molar-refractivity contribution < 1.29 is 13.9 Å². The molecule has 128 valence electrons. The zero-order valence-electron chi connectivity index (χ0n) is 13.8. The summed E-state index contributed by atoms with van der Waals surface area (Å²) in [5.74, 6) is -0.409. The van der Waals surface area contributed by atoms with Crippen molar-refractivity contribution in [1.82, 2.24) is 19.8 Å². The first-order valence-electron chi connectivity index (χ1n) is 7.86. The molecular weight excluding hydrogens is 311 g/mol. The Hall–Kier alpha value is -2.25. The van der Waals surface area contributed by atoms with E-state index in [4.69, 9.17) is 4.74 Å². The third-order valence-electron chi connectivity index (χ3n) is 4.41. The lowest BCUT2D eigenvalue weighted by molar-refractivity contribution is -0.125. The third-order valence-corrected chi connectivity index (χ3v) is 4.41. The van der Waals surface area contributed by atoms with E-state index in [1.807, 2.05) is 11.9 Å². The molecular formula is C17H21FN4O2. The van der Waals surface area contributed by atoms with Crippen molar-refractivity contribution in [2.24, 2.45) is 0 Å². The quantitative estimate of drug-likeness (QED) is 0.898. The minimum atomic E-state index is -0.350. The fraction of sp³-hybridized carbons (Fsp3) is 0.412. The number of methoxy groups -OCH3 is 1. The van der Waals surface area contributed by atoms with Crippen molar-refractivity contribution in [3.05, 3.63) is 48.3 Å². The molecule has 0 radical (unpaired) electrons. The summed E-state index contributed by atoms with van der Waals surface area (Å²) in [7, 11) is 3.56. The van der Waals surface area contributed by atoms with Crippen LogP contribution in [0.1, 0.15) is 12.0 Å². The molecule has 0 unspecified atom stereocenters. The summed E-state index contributed by atoms with van der Waals surface area (Å²) >= 11 is 0. The molecule has 6 nitrogen and oxygen atoms in total. The Labute approximate surface area is 140 Å². The van der Waals surface area contributed by atoms with E-state index in [9.17, 15) is 9.18 Å². The Kier molecular flexibility index (Phi) is 4.92. The first-order valence-corrected chi connectivity index (χ1v) is 7.86. The van der Waals surface area contributed by atoms with Gasteiger partial charge in [0.1, 0.15) is 5.82 Å². The fourth-order valence-electron chi connectivity index (χ4n) is 3.01. The van der Waals surface area contributed by atoms with Crippen LogP contribution in [0, 0.1) is 5.82 Å². The summed E-state index contributed by atoms with van der Waals surface area (Å²) in [4.78, 5) is 18.2. The summed E-state index contributed by atoms with van der Waals surface area (Å²) in [6, 6.07) is 4.72. The first kappa shape index (κ1) is 16.6. The molecule has 1 aromatic heterocycles. The van der Waals surface area contributed by atoms with E-state index in [2.05, 4.69) is 10.3 Å². The zero-order valence-corrected chi connectivity index (χ0v) is 13.8. The van der Waals surface area contributed by atoms with Crippen LogP contribution >= 0.6 is 0 Å². The minimum absolute atomic E-state index is 0.0591. The summed E-state index contributed by atoms with van der Waals surface area (Å²) in [5.41, 5.74) is 1.15. The second kappa shape index (κ2) is 7.11. The predicted molar refractivity (Wildman–Crippen MR) is 87.2 cm³/mol. The average Bonchev–Trinajstić information content (AvgIpc) is 3.22. The average molecular weight is 332 g/mol. The number of ether oxygens (including phenoxy) is 1. The highest BCUT2D eigenvalue weighted by molar-refractivity contribution is 5.82. The van der Waals surface area contributed by atoms with Gasteiger partial charge in [-0.3, -0.25) is 9.69 Å². The molecule has 1 aliphatic heterocycles. The number of benzene rings is 1. The van der Waals surface area contributed by atoms with Crippen LogP contribution in [-0.4, -0.2) is 53.2 Å². The highest BCUT2D eigenvalue weighted by atomic mass is 19.1. The Morgan fingerprint density at radius 2 is 2.33 bits per heavy atom. The topological polar surface area (TPSA) is 59.4 Å². The lowest BCUT2D eigenvalue weighted by Crippen LogP contribution is -2.41. The van der Waals surface area contributed by atoms with Crippen LogP contribution in [0.4, 0.5) is 4.39 Å². The van der Waals surface area contributed by atoms with Crippen molar-refractivity contribution >= 4 is 5.91 Å². The van der Waals surface area contributed by atoms with E-state index in [1.165, 1.54) is 6.07 Å². The standard InChI is InChI=1S/C17H21FN4O2/c1-21-10-13(24-2)8-16(21)17(23)20-9-12-3-4-15(14(18)7-12)22-6-5-19-11-22/h3-7,11,13,16H,8-10H2,1-2H3,(H,20,23)/t13-,16-/m0/s1. The van der Waals surface area contributed by atoms with Crippen LogP contribution in [0.3, 0.4) is 0 Å². The molecule has 1 N–H and O–H groups in total. The van der Waals surface area contributed by atoms with Crippen molar-refractivity contribution in [3.8, 4) is 5.69 Å². The molecule has 1 saturated heterocycles. The minimum Gasteiger partial charge on any atom is -0.380 e. The van der Waals surface area contributed by atoms with Gasteiger partial charge in [0.2, 0.25) is 5.91 Å². The van der Waals surface area contributed by atoms with E-state index in [1.54, 1.807) is 42.5 Å². The number of aromatic nitrogens is 2. The predicted octanol–water partition coefficient (Wildman–Crippen LogP) is 1.35. The molecule has 1 aliphatic rings. The molecule has 0 bridgehead atoms. The molecule has 1 amide bonds. The van der Waals surface area contributed by atoms with Gasteiger partial charge in [0.15, 0.2) is 0 Å². The molecule has 2 atom stereocenters. The highest BCUT2D eigenvalue weighted by Gasteiger charge is 2.34. The van der Waals surface area contributed by atoms with E-state index in [0.29, 0.717) is 24.2 Å². The zero-order chi connectivity index (χ0) is 17.1. The molecule has 0 aliphatic carbocycles. The van der Waals surface area contributed by atoms with Gasteiger partial charge in [-0.25, -0.2) is 9.37 Å². The number of carbonyl (C=O) groups excluding carboxylic acids is 1. The molecule has 0 spiro atoms.